The molecule has 0 saturated carbocycles. The van der Waals surface area contributed by atoms with Gasteiger partial charge in [-0.2, -0.15) is 0 Å². The summed E-state index contributed by atoms with van der Waals surface area (Å²) in [6.45, 7) is 18.2. The van der Waals surface area contributed by atoms with Crippen LogP contribution in [0.15, 0.2) is 83.7 Å². The molecule has 0 saturated heterocycles. The Morgan fingerprint density at radius 1 is 0.833 bits per heavy atom. The van der Waals surface area contributed by atoms with Gasteiger partial charge >= 0.3 is 12.1 Å². The third-order valence-corrected chi connectivity index (χ3v) is 14.1. The van der Waals surface area contributed by atoms with Crippen molar-refractivity contribution >= 4 is 31.3 Å². The Labute approximate surface area is 321 Å². The van der Waals surface area contributed by atoms with Gasteiger partial charge in [-0.25, -0.2) is 9.59 Å². The Morgan fingerprint density at radius 3 is 2.24 bits per heavy atom. The number of nitrogens with zero attached hydrogens (tertiary/aromatic N) is 1. The Balaban J connectivity index is 1.55. The number of amides is 1. The fourth-order valence-electron chi connectivity index (χ4n) is 5.68. The van der Waals surface area contributed by atoms with Crippen LogP contribution in [0.1, 0.15) is 94.8 Å². The number of H-pyrrole nitrogens is 1. The molecule has 10 nitrogen and oxygen atoms in total. The average molecular weight is 759 g/mol. The summed E-state index contributed by atoms with van der Waals surface area (Å²) in [4.78, 5) is 43.1. The zero-order valence-corrected chi connectivity index (χ0v) is 34.5. The van der Waals surface area contributed by atoms with E-state index < -0.39 is 32.1 Å². The molecule has 1 N–H and O–H groups in total. The molecule has 4 rings (SSSR count). The highest BCUT2D eigenvalue weighted by Crippen LogP contribution is 2.42. The van der Waals surface area contributed by atoms with Crippen molar-refractivity contribution in [1.82, 2.24) is 9.88 Å². The Morgan fingerprint density at radius 2 is 1.56 bits per heavy atom. The lowest BCUT2D eigenvalue weighted by molar-refractivity contribution is 0.0153. The second-order valence-electron chi connectivity index (χ2n) is 16.1. The molecule has 0 radical (unpaired) electrons. The van der Waals surface area contributed by atoms with Crippen molar-refractivity contribution in [2.75, 3.05) is 26.8 Å². The number of nitrogens with one attached hydrogen (secondary N) is 1. The highest BCUT2D eigenvalue weighted by atomic mass is 28.4. The van der Waals surface area contributed by atoms with E-state index in [4.69, 9.17) is 23.4 Å². The number of carbonyl (C=O) groups is 2. The van der Waals surface area contributed by atoms with Crippen LogP contribution in [0.5, 0.6) is 11.5 Å². The second-order valence-corrected chi connectivity index (χ2v) is 20.9. The van der Waals surface area contributed by atoms with Crippen LogP contribution in [0.25, 0.3) is 10.9 Å². The summed E-state index contributed by atoms with van der Waals surface area (Å²) in [5.41, 5.74) is 1.99. The molecule has 4 aromatic rings. The highest BCUT2D eigenvalue weighted by molar-refractivity contribution is 6.74. The van der Waals surface area contributed by atoms with Crippen LogP contribution in [0.3, 0.4) is 0 Å². The highest BCUT2D eigenvalue weighted by Gasteiger charge is 2.41. The molecule has 0 unspecified atom stereocenters. The van der Waals surface area contributed by atoms with E-state index >= 15 is 0 Å². The van der Waals surface area contributed by atoms with Gasteiger partial charge in [0.1, 0.15) is 23.7 Å². The molecular formula is C43H58N2O8Si. The summed E-state index contributed by atoms with van der Waals surface area (Å²) in [6, 6.07) is 24.0. The fourth-order valence-corrected chi connectivity index (χ4v) is 6.95. The predicted molar refractivity (Wildman–Crippen MR) is 216 cm³/mol. The van der Waals surface area contributed by atoms with E-state index in [0.29, 0.717) is 42.3 Å². The van der Waals surface area contributed by atoms with Crippen molar-refractivity contribution in [2.45, 2.75) is 104 Å². The number of carbonyl (C=O) groups excluding carboxylic acids is 2. The van der Waals surface area contributed by atoms with E-state index in [-0.39, 0.29) is 17.1 Å². The maximum atomic E-state index is 13.8. The van der Waals surface area contributed by atoms with Gasteiger partial charge in [0.05, 0.1) is 37.4 Å². The number of aromatic amines is 1. The van der Waals surface area contributed by atoms with Gasteiger partial charge in [0.25, 0.3) is 0 Å². The number of esters is 1. The number of ether oxygens (including phenoxy) is 4. The molecule has 0 bridgehead atoms. The van der Waals surface area contributed by atoms with Crippen LogP contribution in [0, 0.1) is 0 Å². The first-order valence-electron chi connectivity index (χ1n) is 18.8. The lowest BCUT2D eigenvalue weighted by Crippen LogP contribution is -2.46. The van der Waals surface area contributed by atoms with Gasteiger partial charge in [0.2, 0.25) is 5.56 Å². The van der Waals surface area contributed by atoms with Gasteiger partial charge in [-0.15, -0.1) is 0 Å². The van der Waals surface area contributed by atoms with Crippen molar-refractivity contribution in [3.05, 3.63) is 106 Å². The molecular weight excluding hydrogens is 701 g/mol. The van der Waals surface area contributed by atoms with Gasteiger partial charge in [0, 0.05) is 18.0 Å². The molecule has 1 atom stereocenters. The van der Waals surface area contributed by atoms with Gasteiger partial charge in [-0.05, 0) is 93.2 Å². The van der Waals surface area contributed by atoms with E-state index in [9.17, 15) is 14.4 Å². The third kappa shape index (κ3) is 12.2. The summed E-state index contributed by atoms with van der Waals surface area (Å²) in [5.74, 6) is 0.777. The predicted octanol–water partition coefficient (Wildman–Crippen LogP) is 9.83. The number of pyridine rings is 1. The first-order chi connectivity index (χ1) is 25.5. The number of benzene rings is 3. The Kier molecular flexibility index (Phi) is 14.5. The van der Waals surface area contributed by atoms with Crippen molar-refractivity contribution in [2.24, 2.45) is 0 Å². The largest absolute Gasteiger partial charge is 0.494 e. The monoisotopic (exact) mass is 758 g/mol. The average Bonchev–Trinajstić information content (AvgIpc) is 3.11. The van der Waals surface area contributed by atoms with Crippen molar-refractivity contribution < 1.29 is 33.0 Å². The molecule has 0 spiro atoms. The number of hydrogen-bond acceptors (Lipinski definition) is 8. The maximum absolute atomic E-state index is 13.8. The number of unbranched alkanes of at least 4 members (excludes halogenated alkanes) is 3. The quantitative estimate of drug-likeness (QED) is 0.0643. The van der Waals surface area contributed by atoms with Crippen LogP contribution in [0.2, 0.25) is 18.1 Å². The zero-order chi connectivity index (χ0) is 39.5. The van der Waals surface area contributed by atoms with Crippen LogP contribution in [0.4, 0.5) is 4.79 Å². The topological polar surface area (TPSA) is 116 Å². The molecule has 292 valence electrons. The molecule has 1 heterocycles. The molecule has 1 aromatic heterocycles. The van der Waals surface area contributed by atoms with Crippen LogP contribution >= 0.6 is 0 Å². The first kappa shape index (κ1) is 42.1. The minimum absolute atomic E-state index is 0.104. The summed E-state index contributed by atoms with van der Waals surface area (Å²) in [7, 11) is -1.03. The minimum Gasteiger partial charge on any atom is -0.494 e. The molecule has 3 aromatic carbocycles. The Hall–Kier alpha value is -4.61. The maximum Gasteiger partial charge on any atom is 0.410 e. The number of fused-ring (bicyclic) bond motifs is 1. The van der Waals surface area contributed by atoms with Gasteiger partial charge in [-0.3, -0.25) is 4.79 Å². The molecule has 0 aliphatic heterocycles. The van der Waals surface area contributed by atoms with Crippen molar-refractivity contribution in [3.8, 4) is 11.5 Å². The fraction of sp³-hybridized carbons (Fsp3) is 0.465. The van der Waals surface area contributed by atoms with Crippen LogP contribution < -0.4 is 15.0 Å². The van der Waals surface area contributed by atoms with E-state index in [1.807, 2.05) is 75.4 Å². The van der Waals surface area contributed by atoms with E-state index in [0.717, 1.165) is 42.2 Å². The van der Waals surface area contributed by atoms with Crippen molar-refractivity contribution in [1.29, 1.82) is 0 Å². The molecule has 0 aliphatic rings. The molecule has 0 aliphatic carbocycles. The van der Waals surface area contributed by atoms with E-state index in [1.165, 1.54) is 13.2 Å². The SMILES string of the molecule is COC(=O)c1cccc(OCCCCCCN(C[C@H](O[Si](C)(C)C(C)(C)C)c2ccc(OCc3ccccc3)c3[nH]c(=O)ccc23)C(=O)OC(C)(C)C)c1. The lowest BCUT2D eigenvalue weighted by atomic mass is 10.0. The normalized spacial score (nSPS) is 12.6. The van der Waals surface area contributed by atoms with E-state index in [2.05, 4.69) is 38.8 Å². The van der Waals surface area contributed by atoms with Gasteiger partial charge < -0.3 is 33.3 Å². The minimum atomic E-state index is -2.39. The van der Waals surface area contributed by atoms with E-state index in [1.54, 1.807) is 23.1 Å². The zero-order valence-electron chi connectivity index (χ0n) is 33.5. The first-order valence-corrected chi connectivity index (χ1v) is 21.7. The Bertz CT molecular complexity index is 1900. The standard InChI is InChI=1S/C43H58N2O8Si/c1-42(2,3)52-41(48)45(26-15-10-11-16-27-50-33-21-17-20-32(28-33)40(47)49-7)29-37(53-54(8,9)43(4,5)6)34-22-24-36(39-35(34)23-25-38(46)44-39)51-30-31-18-13-12-14-19-31/h12-14,17-25,28,37H,10-11,15-16,26-27,29-30H2,1-9H3,(H,44,46)/t37-/m0/s1. The number of rotatable bonds is 17. The van der Waals surface area contributed by atoms with Crippen LogP contribution in [-0.2, 0) is 20.5 Å². The molecule has 54 heavy (non-hydrogen) atoms. The van der Waals surface area contributed by atoms with Crippen LogP contribution in [-0.4, -0.2) is 62.7 Å². The number of aromatic nitrogens is 1. The third-order valence-electron chi connectivity index (χ3n) is 9.60. The van der Waals surface area contributed by atoms with Gasteiger partial charge in [0.15, 0.2) is 8.32 Å². The number of methoxy groups -OCH3 is 1. The smallest absolute Gasteiger partial charge is 0.410 e. The van der Waals surface area contributed by atoms with Crippen molar-refractivity contribution in [3.63, 3.8) is 0 Å². The lowest BCUT2D eigenvalue weighted by Gasteiger charge is -2.41. The molecule has 11 heteroatoms. The summed E-state index contributed by atoms with van der Waals surface area (Å²) in [6.07, 6.45) is 2.42. The summed E-state index contributed by atoms with van der Waals surface area (Å²) >= 11 is 0. The van der Waals surface area contributed by atoms with Gasteiger partial charge in [-0.1, -0.05) is 76.1 Å². The number of hydrogen-bond donors (Lipinski definition) is 1. The molecule has 0 fully saturated rings. The summed E-state index contributed by atoms with van der Waals surface area (Å²) in [5, 5.41) is 0.693. The second kappa shape index (κ2) is 18.6. The summed E-state index contributed by atoms with van der Waals surface area (Å²) < 4.78 is 30.0. The molecule has 1 amide bonds.